The van der Waals surface area contributed by atoms with E-state index in [4.69, 9.17) is 0 Å². The first-order valence-corrected chi connectivity index (χ1v) is 6.44. The molecule has 0 radical (unpaired) electrons. The molecule has 0 spiro atoms. The number of thioether (sulfide) groups is 1. The fourth-order valence-corrected chi connectivity index (χ4v) is 3.15. The van der Waals surface area contributed by atoms with Crippen LogP contribution in [0.15, 0.2) is 24.3 Å². The quantitative estimate of drug-likeness (QED) is 0.832. The Kier molecular flexibility index (Phi) is 3.52. The van der Waals surface area contributed by atoms with E-state index in [9.17, 15) is 9.50 Å². The predicted octanol–water partition coefficient (Wildman–Crippen LogP) is 3.55. The second-order valence-electron chi connectivity index (χ2n) is 3.94. The Hall–Kier alpha value is -0.700. The average molecular weight is 226 g/mol. The normalized spacial score (nSPS) is 23.7. The molecular weight excluding hydrogens is 211 g/mol. The van der Waals surface area contributed by atoms with Crippen LogP contribution in [0.4, 0.5) is 4.39 Å². The van der Waals surface area contributed by atoms with Crippen LogP contribution < -0.4 is 0 Å². The average Bonchev–Trinajstić information content (AvgIpc) is 2.30. The monoisotopic (exact) mass is 226 g/mol. The van der Waals surface area contributed by atoms with E-state index in [1.54, 1.807) is 24.3 Å². The van der Waals surface area contributed by atoms with E-state index in [1.165, 1.54) is 0 Å². The fraction of sp³-hybridized carbons (Fsp3) is 0.500. The summed E-state index contributed by atoms with van der Waals surface area (Å²) in [5.41, 5.74) is 0.449. The number of alkyl halides is 1. The number of para-hydroxylation sites is 1. The Morgan fingerprint density at radius 2 is 2.20 bits per heavy atom. The molecule has 1 heterocycles. The molecule has 1 aliphatic heterocycles. The van der Waals surface area contributed by atoms with Gasteiger partial charge in [-0.25, -0.2) is 4.39 Å². The van der Waals surface area contributed by atoms with Gasteiger partial charge < -0.3 is 5.11 Å². The van der Waals surface area contributed by atoms with Crippen molar-refractivity contribution in [1.29, 1.82) is 0 Å². The Balaban J connectivity index is 2.12. The molecule has 1 aromatic rings. The summed E-state index contributed by atoms with van der Waals surface area (Å²) in [6, 6.07) is 6.73. The molecule has 1 nitrogen and oxygen atoms in total. The van der Waals surface area contributed by atoms with Gasteiger partial charge in [-0.05, 0) is 30.4 Å². The summed E-state index contributed by atoms with van der Waals surface area (Å²) in [6.07, 6.45) is 1.00. The largest absolute Gasteiger partial charge is 0.508 e. The lowest BCUT2D eigenvalue weighted by molar-refractivity contribution is 0.230. The second-order valence-corrected chi connectivity index (χ2v) is 5.09. The molecular formula is C12H15FOS. The van der Waals surface area contributed by atoms with Crippen molar-refractivity contribution in [3.8, 4) is 5.75 Å². The van der Waals surface area contributed by atoms with Gasteiger partial charge >= 0.3 is 0 Å². The van der Waals surface area contributed by atoms with Crippen molar-refractivity contribution in [2.24, 2.45) is 5.92 Å². The molecule has 2 rings (SSSR count). The number of phenolic OH excluding ortho intramolecular Hbond substituents is 1. The summed E-state index contributed by atoms with van der Waals surface area (Å²) < 4.78 is 14.1. The van der Waals surface area contributed by atoms with Crippen molar-refractivity contribution < 1.29 is 9.50 Å². The van der Waals surface area contributed by atoms with Crippen LogP contribution in [0, 0.1) is 5.92 Å². The first kappa shape index (κ1) is 10.8. The van der Waals surface area contributed by atoms with E-state index < -0.39 is 6.17 Å². The van der Waals surface area contributed by atoms with Gasteiger partial charge in [0.15, 0.2) is 0 Å². The molecule has 2 atom stereocenters. The maximum absolute atomic E-state index is 14.1. The predicted molar refractivity (Wildman–Crippen MR) is 62.0 cm³/mol. The van der Waals surface area contributed by atoms with Gasteiger partial charge in [0.2, 0.25) is 0 Å². The Labute approximate surface area is 93.7 Å². The van der Waals surface area contributed by atoms with Crippen molar-refractivity contribution in [2.45, 2.75) is 19.0 Å². The highest BCUT2D eigenvalue weighted by Crippen LogP contribution is 2.38. The lowest BCUT2D eigenvalue weighted by Gasteiger charge is -2.25. The number of hydrogen-bond donors (Lipinski definition) is 1. The van der Waals surface area contributed by atoms with E-state index in [0.29, 0.717) is 5.56 Å². The molecule has 3 heteroatoms. The van der Waals surface area contributed by atoms with Gasteiger partial charge in [0.25, 0.3) is 0 Å². The number of hydrogen-bond acceptors (Lipinski definition) is 2. The van der Waals surface area contributed by atoms with Crippen LogP contribution in [0.25, 0.3) is 0 Å². The molecule has 0 bridgehead atoms. The third kappa shape index (κ3) is 2.46. The van der Waals surface area contributed by atoms with Gasteiger partial charge in [0, 0.05) is 11.5 Å². The number of aromatic hydroxyl groups is 1. The highest BCUT2D eigenvalue weighted by molar-refractivity contribution is 7.99. The number of benzene rings is 1. The second kappa shape index (κ2) is 4.88. The fourth-order valence-electron chi connectivity index (χ4n) is 1.97. The lowest BCUT2D eigenvalue weighted by Crippen LogP contribution is -2.16. The zero-order valence-corrected chi connectivity index (χ0v) is 9.34. The van der Waals surface area contributed by atoms with Crippen LogP contribution >= 0.6 is 11.8 Å². The van der Waals surface area contributed by atoms with Gasteiger partial charge in [-0.3, -0.25) is 0 Å². The van der Waals surface area contributed by atoms with Crippen molar-refractivity contribution in [3.05, 3.63) is 29.8 Å². The van der Waals surface area contributed by atoms with Crippen LogP contribution in [0.1, 0.15) is 24.6 Å². The van der Waals surface area contributed by atoms with Gasteiger partial charge in [-0.2, -0.15) is 11.8 Å². The standard InChI is InChI=1S/C12H15FOS/c13-12(9-4-3-7-15-8-9)10-5-1-2-6-11(10)14/h1-2,5-6,9,12,14H,3-4,7-8H2. The van der Waals surface area contributed by atoms with Gasteiger partial charge in [0.05, 0.1) is 0 Å². The zero-order chi connectivity index (χ0) is 10.7. The molecule has 1 fully saturated rings. The first-order valence-electron chi connectivity index (χ1n) is 5.29. The Morgan fingerprint density at radius 1 is 1.40 bits per heavy atom. The number of rotatable bonds is 2. The molecule has 1 N–H and O–H groups in total. The molecule has 82 valence electrons. The molecule has 0 saturated carbocycles. The van der Waals surface area contributed by atoms with Crippen LogP contribution in [-0.2, 0) is 0 Å². The van der Waals surface area contributed by atoms with Crippen LogP contribution in [0.5, 0.6) is 5.75 Å². The zero-order valence-electron chi connectivity index (χ0n) is 8.53. The Morgan fingerprint density at radius 3 is 2.87 bits per heavy atom. The summed E-state index contributed by atoms with van der Waals surface area (Å²) in [7, 11) is 0. The van der Waals surface area contributed by atoms with E-state index in [2.05, 4.69) is 0 Å². The number of halogens is 1. The molecule has 0 amide bonds. The van der Waals surface area contributed by atoms with Crippen molar-refractivity contribution >= 4 is 11.8 Å². The van der Waals surface area contributed by atoms with Crippen molar-refractivity contribution in [2.75, 3.05) is 11.5 Å². The minimum atomic E-state index is -1.01. The Bertz CT molecular complexity index is 323. The molecule has 1 saturated heterocycles. The maximum Gasteiger partial charge on any atom is 0.132 e. The molecule has 2 unspecified atom stereocenters. The summed E-state index contributed by atoms with van der Waals surface area (Å²) >= 11 is 1.81. The number of phenols is 1. The first-order chi connectivity index (χ1) is 7.29. The van der Waals surface area contributed by atoms with E-state index in [0.717, 1.165) is 24.3 Å². The minimum absolute atomic E-state index is 0.0667. The molecule has 0 aliphatic carbocycles. The summed E-state index contributed by atoms with van der Waals surface area (Å²) in [5, 5.41) is 9.56. The van der Waals surface area contributed by atoms with E-state index in [-0.39, 0.29) is 11.7 Å². The molecule has 1 aliphatic rings. The third-order valence-corrected chi connectivity index (χ3v) is 4.08. The van der Waals surface area contributed by atoms with Gasteiger partial charge in [0.1, 0.15) is 11.9 Å². The highest BCUT2D eigenvalue weighted by Gasteiger charge is 2.26. The maximum atomic E-state index is 14.1. The molecule has 0 aromatic heterocycles. The van der Waals surface area contributed by atoms with Crippen LogP contribution in [-0.4, -0.2) is 16.6 Å². The molecule has 15 heavy (non-hydrogen) atoms. The lowest BCUT2D eigenvalue weighted by atomic mass is 9.94. The van der Waals surface area contributed by atoms with Crippen molar-refractivity contribution in [3.63, 3.8) is 0 Å². The summed E-state index contributed by atoms with van der Waals surface area (Å²) in [4.78, 5) is 0. The van der Waals surface area contributed by atoms with Crippen molar-refractivity contribution in [1.82, 2.24) is 0 Å². The van der Waals surface area contributed by atoms with E-state index >= 15 is 0 Å². The summed E-state index contributed by atoms with van der Waals surface area (Å²) in [5.74, 6) is 2.16. The topological polar surface area (TPSA) is 20.2 Å². The smallest absolute Gasteiger partial charge is 0.132 e. The van der Waals surface area contributed by atoms with Crippen LogP contribution in [0.3, 0.4) is 0 Å². The minimum Gasteiger partial charge on any atom is -0.508 e. The SMILES string of the molecule is Oc1ccccc1C(F)C1CCCSC1. The van der Waals surface area contributed by atoms with E-state index in [1.807, 2.05) is 11.8 Å². The van der Waals surface area contributed by atoms with Gasteiger partial charge in [-0.15, -0.1) is 0 Å². The van der Waals surface area contributed by atoms with Gasteiger partial charge in [-0.1, -0.05) is 18.2 Å². The summed E-state index contributed by atoms with van der Waals surface area (Å²) in [6.45, 7) is 0. The highest BCUT2D eigenvalue weighted by atomic mass is 32.2. The molecule has 1 aromatic carbocycles. The third-order valence-electron chi connectivity index (χ3n) is 2.84. The van der Waals surface area contributed by atoms with Crippen LogP contribution in [0.2, 0.25) is 0 Å².